The minimum Gasteiger partial charge on any atom is -0.776 e. The van der Waals surface area contributed by atoms with Gasteiger partial charge in [-0.05, 0) is 6.42 Å². The fourth-order valence-electron chi connectivity index (χ4n) is 0.704. The summed E-state index contributed by atoms with van der Waals surface area (Å²) in [4.78, 5) is 38.1. The van der Waals surface area contributed by atoms with E-state index in [-0.39, 0.29) is 6.54 Å². The molecule has 2 unspecified atom stereocenters. The first-order valence-corrected chi connectivity index (χ1v) is 6.57. The van der Waals surface area contributed by atoms with Crippen molar-refractivity contribution in [3.05, 3.63) is 5.32 Å². The van der Waals surface area contributed by atoms with Crippen molar-refractivity contribution in [2.24, 2.45) is 0 Å². The predicted octanol–water partition coefficient (Wildman–Crippen LogP) is -1.88. The van der Waals surface area contributed by atoms with Gasteiger partial charge in [-0.3, -0.25) is 0 Å². The summed E-state index contributed by atoms with van der Waals surface area (Å²) >= 11 is 0. The van der Waals surface area contributed by atoms with E-state index < -0.39 is 26.7 Å². The topological polar surface area (TPSA) is 155 Å². The molecule has 0 spiro atoms. The molecule has 86 valence electrons. The number of rotatable bonds is 5. The van der Waals surface area contributed by atoms with Gasteiger partial charge in [0.2, 0.25) is 0 Å². The Morgan fingerprint density at radius 3 is 1.86 bits per heavy atom. The van der Waals surface area contributed by atoms with Crippen LogP contribution in [0.5, 0.6) is 0 Å². The smallest absolute Gasteiger partial charge is 0.189 e. The van der Waals surface area contributed by atoms with Crippen LogP contribution in [-0.2, 0) is 9.13 Å². The summed E-state index contributed by atoms with van der Waals surface area (Å²) in [6.45, 7) is -0.337. The molecule has 0 amide bonds. The highest BCUT2D eigenvalue weighted by molar-refractivity contribution is 7.70. The average Bonchev–Trinajstić information content (AvgIpc) is 1.95. The van der Waals surface area contributed by atoms with E-state index in [4.69, 9.17) is 14.9 Å². The quantitative estimate of drug-likeness (QED) is 0.479. The normalized spacial score (nSPS) is 24.7. The predicted molar refractivity (Wildman–Crippen MR) is 43.4 cm³/mol. The lowest BCUT2D eigenvalue weighted by Gasteiger charge is -2.43. The molecule has 2 atom stereocenters. The molecule has 10 heteroatoms. The maximum absolute atomic E-state index is 10.6. The van der Waals surface area contributed by atoms with Gasteiger partial charge in [-0.2, -0.15) is 7.05 Å². The van der Waals surface area contributed by atoms with Crippen molar-refractivity contribution < 1.29 is 33.8 Å². The Balaban J connectivity index is 5.08. The Bertz CT molecular complexity index is 257. The van der Waals surface area contributed by atoms with E-state index in [1.165, 1.54) is 7.05 Å². The first kappa shape index (κ1) is 14.2. The Morgan fingerprint density at radius 1 is 1.29 bits per heavy atom. The SMILES string of the molecule is C[N-]CCC(O)(P(=O)([O-])O)P(=O)([O-])O. The van der Waals surface area contributed by atoms with E-state index in [0.717, 1.165) is 0 Å². The number of hydrogen-bond donors (Lipinski definition) is 3. The molecule has 0 rings (SSSR count). The van der Waals surface area contributed by atoms with Gasteiger partial charge >= 0.3 is 0 Å². The number of nitrogens with zero attached hydrogens (tertiary/aromatic N) is 1. The molecule has 0 bridgehead atoms. The Hall–Kier alpha value is 0.220. The molecule has 0 aliphatic carbocycles. The molecule has 0 aliphatic heterocycles. The largest absolute Gasteiger partial charge is 0.776 e. The van der Waals surface area contributed by atoms with Crippen LogP contribution < -0.4 is 9.79 Å². The highest BCUT2D eigenvalue weighted by atomic mass is 31.2. The second-order valence-electron chi connectivity index (χ2n) is 2.60. The lowest BCUT2D eigenvalue weighted by molar-refractivity contribution is -0.226. The summed E-state index contributed by atoms with van der Waals surface area (Å²) in [5, 5.41) is 8.89. The molecule has 0 aromatic rings. The lowest BCUT2D eigenvalue weighted by atomic mass is 10.4. The van der Waals surface area contributed by atoms with Gasteiger partial charge in [-0.25, -0.2) is 0 Å². The molecule has 0 saturated carbocycles. The van der Waals surface area contributed by atoms with Gasteiger partial charge in [0.05, 0.1) is 0 Å². The van der Waals surface area contributed by atoms with Crippen molar-refractivity contribution in [3.63, 3.8) is 0 Å². The average molecular weight is 246 g/mol. The van der Waals surface area contributed by atoms with Gasteiger partial charge in [0.1, 0.15) is 0 Å². The highest BCUT2D eigenvalue weighted by Gasteiger charge is 2.45. The van der Waals surface area contributed by atoms with Crippen molar-refractivity contribution in [1.82, 2.24) is 0 Å². The minimum absolute atomic E-state index is 0.337. The molecule has 8 nitrogen and oxygen atoms in total. The van der Waals surface area contributed by atoms with Gasteiger partial charge in [-0.15, -0.1) is 6.54 Å². The van der Waals surface area contributed by atoms with Crippen LogP contribution in [-0.4, -0.2) is 33.6 Å². The van der Waals surface area contributed by atoms with Crippen molar-refractivity contribution in [1.29, 1.82) is 0 Å². The van der Waals surface area contributed by atoms with Crippen LogP contribution in [0.15, 0.2) is 0 Å². The zero-order valence-electron chi connectivity index (χ0n) is 7.23. The van der Waals surface area contributed by atoms with Gasteiger partial charge in [-0.1, -0.05) is 0 Å². The Morgan fingerprint density at radius 2 is 1.64 bits per heavy atom. The van der Waals surface area contributed by atoms with Crippen molar-refractivity contribution in [3.8, 4) is 0 Å². The van der Waals surface area contributed by atoms with Crippen LogP contribution >= 0.6 is 15.2 Å². The third kappa shape index (κ3) is 2.85. The summed E-state index contributed by atoms with van der Waals surface area (Å²) in [6, 6.07) is 0. The molecule has 0 fully saturated rings. The fourth-order valence-corrected chi connectivity index (χ4v) is 2.75. The molecule has 0 aliphatic rings. The third-order valence-corrected chi connectivity index (χ3v) is 5.35. The molecule has 14 heavy (non-hydrogen) atoms. The Kier molecular flexibility index (Phi) is 4.45. The minimum atomic E-state index is -5.62. The number of aliphatic hydroxyl groups is 1. The second-order valence-corrected chi connectivity index (χ2v) is 6.52. The van der Waals surface area contributed by atoms with Crippen molar-refractivity contribution >= 4 is 15.2 Å². The highest BCUT2D eigenvalue weighted by Crippen LogP contribution is 2.64. The fraction of sp³-hybridized carbons (Fsp3) is 1.00. The molecule has 3 N–H and O–H groups in total. The summed E-state index contributed by atoms with van der Waals surface area (Å²) in [5.74, 6) is 0. The zero-order chi connectivity index (χ0) is 11.6. The molecule has 0 aromatic carbocycles. The molecule has 0 aromatic heterocycles. The van der Waals surface area contributed by atoms with E-state index in [9.17, 15) is 18.9 Å². The monoisotopic (exact) mass is 246 g/mol. The van der Waals surface area contributed by atoms with E-state index >= 15 is 0 Å². The van der Waals surface area contributed by atoms with E-state index in [1.54, 1.807) is 0 Å². The van der Waals surface area contributed by atoms with E-state index in [0.29, 0.717) is 0 Å². The molecular weight excluding hydrogens is 236 g/mol. The molecular formula is C4H10NO7P2-3. The molecule has 0 saturated heterocycles. The van der Waals surface area contributed by atoms with Crippen LogP contribution in [0.2, 0.25) is 0 Å². The second kappa shape index (κ2) is 4.38. The first-order valence-electron chi connectivity index (χ1n) is 3.42. The first-order chi connectivity index (χ1) is 6.06. The van der Waals surface area contributed by atoms with Gasteiger partial charge in [0.15, 0.2) is 20.3 Å². The maximum Gasteiger partial charge on any atom is 0.189 e. The van der Waals surface area contributed by atoms with Crippen LogP contribution in [0.1, 0.15) is 6.42 Å². The van der Waals surface area contributed by atoms with Gasteiger partial charge in [0.25, 0.3) is 0 Å². The van der Waals surface area contributed by atoms with Gasteiger partial charge < -0.3 is 39.1 Å². The van der Waals surface area contributed by atoms with Crippen molar-refractivity contribution in [2.45, 2.75) is 11.5 Å². The molecule has 0 heterocycles. The zero-order valence-corrected chi connectivity index (χ0v) is 9.02. The van der Waals surface area contributed by atoms with Crippen LogP contribution in [0, 0.1) is 0 Å². The van der Waals surface area contributed by atoms with Crippen LogP contribution in [0.4, 0.5) is 0 Å². The Labute approximate surface area is 80.3 Å². The van der Waals surface area contributed by atoms with Gasteiger partial charge in [0, 0.05) is 0 Å². The third-order valence-electron chi connectivity index (χ3n) is 1.58. The van der Waals surface area contributed by atoms with Crippen molar-refractivity contribution in [2.75, 3.05) is 13.6 Å². The van der Waals surface area contributed by atoms with E-state index in [2.05, 4.69) is 5.32 Å². The summed E-state index contributed by atoms with van der Waals surface area (Å²) in [7, 11) is -9.99. The molecule has 0 radical (unpaired) electrons. The van der Waals surface area contributed by atoms with Crippen LogP contribution in [0.25, 0.3) is 5.32 Å². The lowest BCUT2D eigenvalue weighted by Crippen LogP contribution is -2.38. The summed E-state index contributed by atoms with van der Waals surface area (Å²) in [6.07, 6.45) is -0.919. The van der Waals surface area contributed by atoms with Crippen LogP contribution in [0.3, 0.4) is 0 Å². The van der Waals surface area contributed by atoms with E-state index in [1.807, 2.05) is 0 Å². The maximum atomic E-state index is 10.6. The summed E-state index contributed by atoms with van der Waals surface area (Å²) in [5.41, 5.74) is 0. The number of hydrogen-bond acceptors (Lipinski definition) is 5. The summed E-state index contributed by atoms with van der Waals surface area (Å²) < 4.78 is 21.1. The standard InChI is InChI=1S/C4H12NO7P2/c1-5-3-2-4(6,13(7,8)9)14(10,11)12/h6H,2-3H2,1H3,(H2,7,8,9)(H2,10,11,12)/q-1/p-2.